The monoisotopic (exact) mass is 1200 g/mol. The average molecular weight is 1210 g/mol. The van der Waals surface area contributed by atoms with Crippen LogP contribution >= 0.6 is 46.4 Å². The van der Waals surface area contributed by atoms with E-state index in [2.05, 4.69) is 40.5 Å². The molecular formula is C52H70Cl4N8O12S2. The number of amides is 4. The third-order valence-electron chi connectivity index (χ3n) is 12.9. The van der Waals surface area contributed by atoms with Gasteiger partial charge < -0.3 is 55.0 Å². The van der Waals surface area contributed by atoms with E-state index in [0.29, 0.717) is 70.3 Å². The van der Waals surface area contributed by atoms with Crippen molar-refractivity contribution < 1.29 is 55.2 Å². The third kappa shape index (κ3) is 19.5. The van der Waals surface area contributed by atoms with E-state index in [1.54, 1.807) is 24.3 Å². The first-order valence-electron chi connectivity index (χ1n) is 25.5. The highest BCUT2D eigenvalue weighted by Crippen LogP contribution is 2.42. The second kappa shape index (κ2) is 31.1. The summed E-state index contributed by atoms with van der Waals surface area (Å²) in [5, 5.41) is 23.8. The molecule has 0 heterocycles. The normalized spacial score (nSPS) is 16.1. The summed E-state index contributed by atoms with van der Waals surface area (Å²) in [5.74, 6) is 0.514. The van der Waals surface area contributed by atoms with Crippen LogP contribution in [0.5, 0.6) is 11.5 Å². The fourth-order valence-electron chi connectivity index (χ4n) is 8.81. The molecule has 2 aliphatic carbocycles. The van der Waals surface area contributed by atoms with Crippen LogP contribution in [0, 0.1) is 0 Å². The van der Waals surface area contributed by atoms with E-state index in [1.165, 1.54) is 30.3 Å². The van der Waals surface area contributed by atoms with Crippen LogP contribution in [-0.4, -0.2) is 169 Å². The van der Waals surface area contributed by atoms with Crippen molar-refractivity contribution in [1.82, 2.24) is 40.5 Å². The van der Waals surface area contributed by atoms with E-state index >= 15 is 0 Å². The number of benzene rings is 4. The van der Waals surface area contributed by atoms with E-state index in [1.807, 2.05) is 33.3 Å². The molecule has 0 saturated carbocycles. The van der Waals surface area contributed by atoms with Crippen LogP contribution in [0.15, 0.2) is 76.5 Å². The van der Waals surface area contributed by atoms with Crippen molar-refractivity contribution >= 4 is 78.5 Å². The molecule has 4 amide bonds. The van der Waals surface area contributed by atoms with E-state index in [4.69, 9.17) is 70.1 Å². The number of carbonyl (C=O) groups is 2. The summed E-state index contributed by atoms with van der Waals surface area (Å²) >= 11 is 25.4. The van der Waals surface area contributed by atoms with Crippen molar-refractivity contribution in [3.63, 3.8) is 0 Å². The van der Waals surface area contributed by atoms with Gasteiger partial charge in [-0.15, -0.1) is 0 Å². The lowest BCUT2D eigenvalue weighted by atomic mass is 10.1. The third-order valence-corrected chi connectivity index (χ3v) is 17.0. The molecule has 0 fully saturated rings. The molecule has 20 nitrogen and oxygen atoms in total. The number of phenols is 1. The van der Waals surface area contributed by atoms with Gasteiger partial charge in [0.2, 0.25) is 20.0 Å². The highest BCUT2D eigenvalue weighted by molar-refractivity contribution is 7.89. The molecular weight excluding hydrogens is 1130 g/mol. The summed E-state index contributed by atoms with van der Waals surface area (Å²) in [6.45, 7) is 3.51. The zero-order valence-electron chi connectivity index (χ0n) is 43.9. The van der Waals surface area contributed by atoms with Crippen LogP contribution in [0.3, 0.4) is 0 Å². The van der Waals surface area contributed by atoms with Crippen molar-refractivity contribution in [2.24, 2.45) is 0 Å². The number of nitrogens with one attached hydrogen (secondary N) is 6. The van der Waals surface area contributed by atoms with Gasteiger partial charge >= 0.3 is 12.1 Å². The predicted molar refractivity (Wildman–Crippen MR) is 300 cm³/mol. The number of halogens is 4. The lowest BCUT2D eigenvalue weighted by molar-refractivity contribution is 0.0516. The molecule has 430 valence electrons. The molecule has 26 heteroatoms. The maximum Gasteiger partial charge on any atom is 0.314 e. The highest BCUT2D eigenvalue weighted by atomic mass is 35.5. The zero-order valence-corrected chi connectivity index (χ0v) is 48.5. The molecule has 0 unspecified atom stereocenters. The summed E-state index contributed by atoms with van der Waals surface area (Å²) in [5.41, 5.74) is 4.52. The van der Waals surface area contributed by atoms with Crippen molar-refractivity contribution in [3.05, 3.63) is 115 Å². The molecule has 0 aliphatic heterocycles. The van der Waals surface area contributed by atoms with Gasteiger partial charge in [-0.05, 0) is 137 Å². The average Bonchev–Trinajstić information content (AvgIpc) is 4.01. The Labute approximate surface area is 477 Å². The Morgan fingerprint density at radius 1 is 0.590 bits per heavy atom. The number of hydrogen-bond acceptors (Lipinski definition) is 14. The topological polar surface area (TPSA) is 247 Å². The number of fused-ring (bicyclic) bond motifs is 2. The number of urea groups is 2. The molecule has 78 heavy (non-hydrogen) atoms. The van der Waals surface area contributed by atoms with Crippen molar-refractivity contribution in [1.29, 1.82) is 0 Å². The SMILES string of the molecule is CN(C)[C@H]1Cc2c(Cl)cc(Cl)cc2[C@@H]1Oc1ccc(S(=O)(=O)NCCOCCOCCNC(=O)NCCCCNC(=O)NCCOCCOCCNS(=O)(=O)c2ccc(O)c(CN(C)[C@@H]3Cc4cc(Cl)cc(Cl)c4C3)c2)cc1. The van der Waals surface area contributed by atoms with Gasteiger partial charge in [-0.25, -0.2) is 35.9 Å². The molecule has 0 spiro atoms. The van der Waals surface area contributed by atoms with Gasteiger partial charge in [-0.3, -0.25) is 4.90 Å². The number of nitrogens with zero attached hydrogens (tertiary/aromatic N) is 2. The van der Waals surface area contributed by atoms with Crippen LogP contribution < -0.4 is 35.4 Å². The first-order valence-corrected chi connectivity index (χ1v) is 30.0. The Kier molecular flexibility index (Phi) is 25.1. The quantitative estimate of drug-likeness (QED) is 0.0274. The minimum Gasteiger partial charge on any atom is -0.508 e. The molecule has 0 aromatic heterocycles. The van der Waals surface area contributed by atoms with E-state index in [-0.39, 0.29) is 125 Å². The first-order chi connectivity index (χ1) is 37.3. The largest absolute Gasteiger partial charge is 0.508 e. The number of sulfonamides is 2. The van der Waals surface area contributed by atoms with E-state index < -0.39 is 20.0 Å². The molecule has 7 N–H and O–H groups in total. The molecule has 6 rings (SSSR count). The minimum absolute atomic E-state index is 0.00204. The summed E-state index contributed by atoms with van der Waals surface area (Å²) in [7, 11) is -1.80. The fraction of sp³-hybridized carbons (Fsp3) is 0.500. The lowest BCUT2D eigenvalue weighted by Crippen LogP contribution is -2.39. The smallest absolute Gasteiger partial charge is 0.314 e. The number of likely N-dealkylation sites (N-methyl/N-ethyl adjacent to an activating group) is 2. The summed E-state index contributed by atoms with van der Waals surface area (Å²) < 4.78 is 85.2. The fourth-order valence-corrected chi connectivity index (χ4v) is 12.1. The molecule has 4 aromatic carbocycles. The van der Waals surface area contributed by atoms with Crippen LogP contribution in [0.25, 0.3) is 0 Å². The van der Waals surface area contributed by atoms with Crippen LogP contribution in [0.2, 0.25) is 20.1 Å². The van der Waals surface area contributed by atoms with Gasteiger partial charge in [0.25, 0.3) is 0 Å². The van der Waals surface area contributed by atoms with Crippen molar-refractivity contribution in [2.45, 2.75) is 66.6 Å². The number of phenolic OH excluding ortho intramolecular Hbond substituents is 1. The van der Waals surface area contributed by atoms with Crippen LogP contribution in [0.4, 0.5) is 9.59 Å². The number of ether oxygens (including phenoxy) is 5. The Hall–Kier alpha value is -4.24. The molecule has 3 atom stereocenters. The number of unbranched alkanes of at least 4 members (excludes halogenated alkanes) is 1. The molecule has 0 bridgehead atoms. The van der Waals surface area contributed by atoms with Gasteiger partial charge in [-0.2, -0.15) is 0 Å². The lowest BCUT2D eigenvalue weighted by Gasteiger charge is -2.27. The number of rotatable bonds is 33. The van der Waals surface area contributed by atoms with E-state index in [0.717, 1.165) is 35.1 Å². The maximum atomic E-state index is 13.0. The predicted octanol–water partition coefficient (Wildman–Crippen LogP) is 5.91. The maximum absolute atomic E-state index is 13.0. The Bertz CT molecular complexity index is 2840. The van der Waals surface area contributed by atoms with Gasteiger partial charge in [0.05, 0.1) is 68.7 Å². The standard InChI is InChI=1S/C52H70Cl4N8O12S2/c1-63(2)48-33-44-45(29-38(54)31-47(44)56)50(48)76-40-6-8-41(9-7-40)77(68,69)61-16-20-74-24-22-72-18-14-59-51(66)57-12-4-5-13-58-52(67)60-15-19-73-23-25-75-21-17-62-78(70,71)42-10-11-49(65)36(28-42)34-64(3)39-27-35-26-37(53)30-46(55)43(35)32-39/h6-11,26,28-31,39,48,50,61-62,65H,4-5,12-25,27,32-34H2,1-3H3,(H2,57,59,66)(H2,58,60,67)/t39-,48+,50+/m1/s1. The molecule has 0 saturated heterocycles. The summed E-state index contributed by atoms with van der Waals surface area (Å²) in [6.07, 6.45) is 3.11. The Balaban J connectivity index is 0.695. The molecule has 2 aliphatic rings. The first kappa shape index (κ1) is 62.9. The van der Waals surface area contributed by atoms with Gasteiger partial charge in [-0.1, -0.05) is 46.4 Å². The highest BCUT2D eigenvalue weighted by Gasteiger charge is 2.37. The van der Waals surface area contributed by atoms with Gasteiger partial charge in [0, 0.05) is 83.1 Å². The molecule has 0 radical (unpaired) electrons. The van der Waals surface area contributed by atoms with E-state index in [9.17, 15) is 31.5 Å². The van der Waals surface area contributed by atoms with Gasteiger partial charge in [0.1, 0.15) is 17.6 Å². The minimum atomic E-state index is -3.87. The zero-order chi connectivity index (χ0) is 56.2. The number of aromatic hydroxyl groups is 1. The van der Waals surface area contributed by atoms with Crippen LogP contribution in [-0.2, 0) is 64.8 Å². The Morgan fingerprint density at radius 3 is 1.65 bits per heavy atom. The summed E-state index contributed by atoms with van der Waals surface area (Å²) in [4.78, 5) is 28.5. The number of hydrogen-bond donors (Lipinski definition) is 7. The van der Waals surface area contributed by atoms with Crippen molar-refractivity contribution in [2.75, 3.05) is 113 Å². The van der Waals surface area contributed by atoms with Crippen molar-refractivity contribution in [3.8, 4) is 11.5 Å². The summed E-state index contributed by atoms with van der Waals surface area (Å²) in [6, 6.07) is 17.1. The van der Waals surface area contributed by atoms with Crippen LogP contribution in [0.1, 0.15) is 46.8 Å². The Morgan fingerprint density at radius 2 is 1.09 bits per heavy atom. The number of carbonyl (C=O) groups excluding carboxylic acids is 2. The van der Waals surface area contributed by atoms with Gasteiger partial charge in [0.15, 0.2) is 0 Å². The second-order valence-corrected chi connectivity index (χ2v) is 24.0. The molecule has 4 aromatic rings. The second-order valence-electron chi connectivity index (χ2n) is 18.8.